The van der Waals surface area contributed by atoms with Crippen LogP contribution >= 0.6 is 0 Å². The van der Waals surface area contributed by atoms with Crippen LogP contribution in [0.15, 0.2) is 6.33 Å². The molecule has 1 aliphatic rings. The van der Waals surface area contributed by atoms with Crippen molar-refractivity contribution >= 4 is 0 Å². The van der Waals surface area contributed by atoms with E-state index in [1.807, 2.05) is 4.68 Å². The molecule has 2 rings (SSSR count). The second-order valence-corrected chi connectivity index (χ2v) is 4.32. The number of aromatic nitrogens is 3. The maximum atomic E-state index is 9.03. The van der Waals surface area contributed by atoms with Crippen LogP contribution in [-0.4, -0.2) is 44.0 Å². The predicted molar refractivity (Wildman–Crippen MR) is 60.8 cm³/mol. The van der Waals surface area contributed by atoms with Crippen molar-refractivity contribution in [3.05, 3.63) is 12.2 Å². The molecular formula is C11H20N4O. The van der Waals surface area contributed by atoms with Crippen molar-refractivity contribution in [2.45, 2.75) is 45.3 Å². The van der Waals surface area contributed by atoms with Crippen LogP contribution in [0.5, 0.6) is 0 Å². The number of rotatable bonds is 7. The Kier molecular flexibility index (Phi) is 3.90. The summed E-state index contributed by atoms with van der Waals surface area (Å²) < 4.78 is 1.97. The van der Waals surface area contributed by atoms with Gasteiger partial charge in [-0.2, -0.15) is 5.10 Å². The molecule has 0 atom stereocenters. The van der Waals surface area contributed by atoms with Crippen LogP contribution in [0.3, 0.4) is 0 Å². The van der Waals surface area contributed by atoms with E-state index in [1.54, 1.807) is 6.33 Å². The van der Waals surface area contributed by atoms with Gasteiger partial charge in [0.1, 0.15) is 12.2 Å². The van der Waals surface area contributed by atoms with E-state index in [0.29, 0.717) is 6.04 Å². The van der Waals surface area contributed by atoms with Crippen LogP contribution < -0.4 is 0 Å². The first-order valence-corrected chi connectivity index (χ1v) is 6.06. The van der Waals surface area contributed by atoms with Crippen LogP contribution in [0, 0.1) is 0 Å². The van der Waals surface area contributed by atoms with Crippen molar-refractivity contribution in [3.63, 3.8) is 0 Å². The Labute approximate surface area is 96.1 Å². The fourth-order valence-corrected chi connectivity index (χ4v) is 1.95. The Morgan fingerprint density at radius 1 is 1.56 bits per heavy atom. The molecular weight excluding hydrogens is 204 g/mol. The molecule has 0 unspecified atom stereocenters. The lowest BCUT2D eigenvalue weighted by Gasteiger charge is -2.20. The molecule has 1 heterocycles. The zero-order chi connectivity index (χ0) is 11.4. The predicted octanol–water partition coefficient (Wildman–Crippen LogP) is 0.645. The summed E-state index contributed by atoms with van der Waals surface area (Å²) in [5, 5.41) is 13.2. The summed E-state index contributed by atoms with van der Waals surface area (Å²) >= 11 is 0. The SMILES string of the molecule is CCCn1ncnc1CN(CCO)C1CC1. The largest absolute Gasteiger partial charge is 0.395 e. The summed E-state index contributed by atoms with van der Waals surface area (Å²) in [5.74, 6) is 1.02. The summed E-state index contributed by atoms with van der Waals surface area (Å²) in [5.41, 5.74) is 0. The highest BCUT2D eigenvalue weighted by molar-refractivity contribution is 4.91. The molecule has 0 aliphatic heterocycles. The zero-order valence-corrected chi connectivity index (χ0v) is 9.84. The van der Waals surface area contributed by atoms with E-state index in [9.17, 15) is 0 Å². The summed E-state index contributed by atoms with van der Waals surface area (Å²) in [6, 6.07) is 0.652. The van der Waals surface area contributed by atoms with E-state index in [0.717, 1.165) is 31.9 Å². The average Bonchev–Trinajstić information content (AvgIpc) is 3.03. The molecule has 0 aromatic carbocycles. The Hall–Kier alpha value is -0.940. The van der Waals surface area contributed by atoms with Gasteiger partial charge in [0.25, 0.3) is 0 Å². The second kappa shape index (κ2) is 5.41. The molecule has 1 aromatic rings. The van der Waals surface area contributed by atoms with E-state index in [2.05, 4.69) is 21.9 Å². The van der Waals surface area contributed by atoms with Crippen molar-refractivity contribution in [1.29, 1.82) is 0 Å². The third-order valence-corrected chi connectivity index (χ3v) is 2.93. The van der Waals surface area contributed by atoms with Gasteiger partial charge in [-0.25, -0.2) is 9.67 Å². The van der Waals surface area contributed by atoms with Crippen molar-refractivity contribution in [2.75, 3.05) is 13.2 Å². The van der Waals surface area contributed by atoms with Gasteiger partial charge in [-0.3, -0.25) is 4.90 Å². The van der Waals surface area contributed by atoms with Crippen LogP contribution in [0.25, 0.3) is 0 Å². The number of aliphatic hydroxyl groups excluding tert-OH is 1. The molecule has 1 saturated carbocycles. The number of aliphatic hydroxyl groups is 1. The van der Waals surface area contributed by atoms with E-state index < -0.39 is 0 Å². The molecule has 5 heteroatoms. The van der Waals surface area contributed by atoms with Gasteiger partial charge in [0.2, 0.25) is 0 Å². The van der Waals surface area contributed by atoms with E-state index in [4.69, 9.17) is 5.11 Å². The number of hydrogen-bond acceptors (Lipinski definition) is 4. The topological polar surface area (TPSA) is 54.2 Å². The fraction of sp³-hybridized carbons (Fsp3) is 0.818. The lowest BCUT2D eigenvalue weighted by molar-refractivity contribution is 0.178. The molecule has 90 valence electrons. The Morgan fingerprint density at radius 3 is 3.00 bits per heavy atom. The van der Waals surface area contributed by atoms with E-state index in [1.165, 1.54) is 12.8 Å². The van der Waals surface area contributed by atoms with Gasteiger partial charge in [-0.15, -0.1) is 0 Å². The third-order valence-electron chi connectivity index (χ3n) is 2.93. The van der Waals surface area contributed by atoms with Gasteiger partial charge in [0.15, 0.2) is 0 Å². The standard InChI is InChI=1S/C11H20N4O/c1-2-5-15-11(12-9-13-15)8-14(6-7-16)10-3-4-10/h9-10,16H,2-8H2,1H3. The molecule has 1 aliphatic carbocycles. The minimum Gasteiger partial charge on any atom is -0.395 e. The fourth-order valence-electron chi connectivity index (χ4n) is 1.95. The first-order chi connectivity index (χ1) is 7.85. The quantitative estimate of drug-likeness (QED) is 0.738. The van der Waals surface area contributed by atoms with Crippen molar-refractivity contribution in [1.82, 2.24) is 19.7 Å². The van der Waals surface area contributed by atoms with Crippen molar-refractivity contribution in [2.24, 2.45) is 0 Å². The van der Waals surface area contributed by atoms with E-state index in [-0.39, 0.29) is 6.61 Å². The maximum Gasteiger partial charge on any atom is 0.141 e. The first kappa shape index (κ1) is 11.5. The molecule has 5 nitrogen and oxygen atoms in total. The maximum absolute atomic E-state index is 9.03. The van der Waals surface area contributed by atoms with Crippen LogP contribution in [-0.2, 0) is 13.1 Å². The summed E-state index contributed by atoms with van der Waals surface area (Å²) in [6.45, 7) is 4.83. The average molecular weight is 224 g/mol. The molecule has 0 saturated heterocycles. The summed E-state index contributed by atoms with van der Waals surface area (Å²) in [7, 11) is 0. The summed E-state index contributed by atoms with van der Waals surface area (Å²) in [6.07, 6.45) is 5.19. The number of nitrogens with zero attached hydrogens (tertiary/aromatic N) is 4. The summed E-state index contributed by atoms with van der Waals surface area (Å²) in [4.78, 5) is 6.60. The molecule has 0 radical (unpaired) electrons. The second-order valence-electron chi connectivity index (χ2n) is 4.32. The normalized spacial score (nSPS) is 15.9. The van der Waals surface area contributed by atoms with Gasteiger partial charge in [-0.05, 0) is 19.3 Å². The Bertz CT molecular complexity index is 322. The van der Waals surface area contributed by atoms with Gasteiger partial charge in [0.05, 0.1) is 13.2 Å². The van der Waals surface area contributed by atoms with Crippen LogP contribution in [0.2, 0.25) is 0 Å². The van der Waals surface area contributed by atoms with E-state index >= 15 is 0 Å². The van der Waals surface area contributed by atoms with Crippen LogP contribution in [0.4, 0.5) is 0 Å². The Morgan fingerprint density at radius 2 is 2.38 bits per heavy atom. The number of hydrogen-bond donors (Lipinski definition) is 1. The van der Waals surface area contributed by atoms with Gasteiger partial charge < -0.3 is 5.11 Å². The molecule has 0 bridgehead atoms. The molecule has 1 aromatic heterocycles. The first-order valence-electron chi connectivity index (χ1n) is 6.06. The lowest BCUT2D eigenvalue weighted by Crippen LogP contribution is -2.30. The molecule has 1 fully saturated rings. The lowest BCUT2D eigenvalue weighted by atomic mass is 10.4. The highest BCUT2D eigenvalue weighted by Crippen LogP contribution is 2.27. The smallest absolute Gasteiger partial charge is 0.141 e. The van der Waals surface area contributed by atoms with Gasteiger partial charge >= 0.3 is 0 Å². The van der Waals surface area contributed by atoms with Gasteiger partial charge in [0, 0.05) is 19.1 Å². The highest BCUT2D eigenvalue weighted by Gasteiger charge is 2.29. The molecule has 1 N–H and O–H groups in total. The number of aryl methyl sites for hydroxylation is 1. The monoisotopic (exact) mass is 224 g/mol. The van der Waals surface area contributed by atoms with Gasteiger partial charge in [-0.1, -0.05) is 6.92 Å². The minimum absolute atomic E-state index is 0.221. The zero-order valence-electron chi connectivity index (χ0n) is 9.84. The van der Waals surface area contributed by atoms with Crippen molar-refractivity contribution in [3.8, 4) is 0 Å². The van der Waals surface area contributed by atoms with Crippen molar-refractivity contribution < 1.29 is 5.11 Å². The minimum atomic E-state index is 0.221. The highest BCUT2D eigenvalue weighted by atomic mass is 16.3. The third kappa shape index (κ3) is 2.80. The molecule has 0 amide bonds. The Balaban J connectivity index is 1.97. The molecule has 16 heavy (non-hydrogen) atoms. The van der Waals surface area contributed by atoms with Crippen LogP contribution in [0.1, 0.15) is 32.0 Å². The molecule has 0 spiro atoms.